The van der Waals surface area contributed by atoms with E-state index in [1.807, 2.05) is 0 Å². The zero-order valence-electron chi connectivity index (χ0n) is 6.26. The van der Waals surface area contributed by atoms with Crippen LogP contribution >= 0.6 is 0 Å². The largest absolute Gasteiger partial charge is 0.327 e. The number of rotatable bonds is 4. The van der Waals surface area contributed by atoms with E-state index in [2.05, 4.69) is 4.89 Å². The van der Waals surface area contributed by atoms with Gasteiger partial charge in [0.15, 0.2) is 11.4 Å². The SMILES string of the molecule is CCC(CN)(OO)C(C)=O. The number of nitrogens with two attached hydrogens (primary N) is 1. The maximum Gasteiger partial charge on any atom is 0.172 e. The predicted octanol–water partition coefficient (Wildman–Crippen LogP) is 0.172. The molecule has 0 aliphatic carbocycles. The van der Waals surface area contributed by atoms with Crippen LogP contribution in [-0.2, 0) is 9.68 Å². The van der Waals surface area contributed by atoms with Gasteiger partial charge in [-0.05, 0) is 13.3 Å². The summed E-state index contributed by atoms with van der Waals surface area (Å²) in [5.74, 6) is -0.250. The first kappa shape index (κ1) is 9.55. The molecule has 0 aliphatic rings. The first-order valence-electron chi connectivity index (χ1n) is 3.16. The highest BCUT2D eigenvalue weighted by molar-refractivity contribution is 5.85. The fourth-order valence-corrected chi connectivity index (χ4v) is 0.703. The summed E-state index contributed by atoms with van der Waals surface area (Å²) < 4.78 is 0. The zero-order valence-corrected chi connectivity index (χ0v) is 6.26. The van der Waals surface area contributed by atoms with Crippen molar-refractivity contribution < 1.29 is 14.9 Å². The van der Waals surface area contributed by atoms with E-state index in [1.54, 1.807) is 6.92 Å². The number of hydrogen-bond acceptors (Lipinski definition) is 4. The van der Waals surface area contributed by atoms with E-state index in [0.717, 1.165) is 0 Å². The number of carbonyl (C=O) groups is 1. The van der Waals surface area contributed by atoms with Gasteiger partial charge >= 0.3 is 0 Å². The molecular weight excluding hydrogens is 134 g/mol. The van der Waals surface area contributed by atoms with Gasteiger partial charge < -0.3 is 5.73 Å². The Morgan fingerprint density at radius 1 is 1.80 bits per heavy atom. The molecule has 0 heterocycles. The van der Waals surface area contributed by atoms with Crippen molar-refractivity contribution in [2.45, 2.75) is 25.9 Å². The van der Waals surface area contributed by atoms with Crippen LogP contribution in [0.3, 0.4) is 0 Å². The van der Waals surface area contributed by atoms with Gasteiger partial charge in [-0.1, -0.05) is 6.92 Å². The minimum atomic E-state index is -1.18. The lowest BCUT2D eigenvalue weighted by Crippen LogP contribution is -2.45. The quantitative estimate of drug-likeness (QED) is 0.439. The van der Waals surface area contributed by atoms with Crippen molar-refractivity contribution >= 4 is 5.78 Å². The molecule has 0 aliphatic heterocycles. The lowest BCUT2D eigenvalue weighted by Gasteiger charge is -2.23. The van der Waals surface area contributed by atoms with Gasteiger partial charge in [0.2, 0.25) is 0 Å². The fraction of sp³-hybridized carbons (Fsp3) is 0.833. The van der Waals surface area contributed by atoms with Gasteiger partial charge in [0.05, 0.1) is 0 Å². The summed E-state index contributed by atoms with van der Waals surface area (Å²) in [6, 6.07) is 0. The van der Waals surface area contributed by atoms with Crippen LogP contribution in [0.4, 0.5) is 0 Å². The second-order valence-electron chi connectivity index (χ2n) is 2.20. The van der Waals surface area contributed by atoms with Crippen LogP contribution in [0.15, 0.2) is 0 Å². The van der Waals surface area contributed by atoms with E-state index < -0.39 is 5.60 Å². The maximum atomic E-state index is 10.8. The molecule has 0 spiro atoms. The maximum absolute atomic E-state index is 10.8. The summed E-state index contributed by atoms with van der Waals surface area (Å²) in [5.41, 5.74) is 4.04. The topological polar surface area (TPSA) is 72.6 Å². The van der Waals surface area contributed by atoms with Crippen LogP contribution in [0.2, 0.25) is 0 Å². The van der Waals surface area contributed by atoms with Crippen molar-refractivity contribution in [2.75, 3.05) is 6.54 Å². The molecule has 0 aromatic rings. The minimum Gasteiger partial charge on any atom is -0.327 e. The Labute approximate surface area is 59.9 Å². The van der Waals surface area contributed by atoms with Crippen LogP contribution < -0.4 is 5.73 Å². The van der Waals surface area contributed by atoms with Crippen molar-refractivity contribution in [3.63, 3.8) is 0 Å². The highest BCUT2D eigenvalue weighted by Gasteiger charge is 2.33. The predicted molar refractivity (Wildman–Crippen MR) is 36.5 cm³/mol. The third-order valence-corrected chi connectivity index (χ3v) is 1.72. The monoisotopic (exact) mass is 147 g/mol. The molecule has 1 unspecified atom stereocenters. The lowest BCUT2D eigenvalue weighted by molar-refractivity contribution is -0.308. The number of carbonyl (C=O) groups excluding carboxylic acids is 1. The van der Waals surface area contributed by atoms with E-state index in [-0.39, 0.29) is 12.3 Å². The van der Waals surface area contributed by atoms with Crippen molar-refractivity contribution in [3.05, 3.63) is 0 Å². The van der Waals surface area contributed by atoms with Gasteiger partial charge in [-0.3, -0.25) is 10.1 Å². The molecule has 0 radical (unpaired) electrons. The van der Waals surface area contributed by atoms with E-state index in [9.17, 15) is 4.79 Å². The molecule has 0 aromatic heterocycles. The summed E-state index contributed by atoms with van der Waals surface area (Å²) in [6.07, 6.45) is 0.384. The highest BCUT2D eigenvalue weighted by atomic mass is 17.1. The molecule has 1 atom stereocenters. The first-order chi connectivity index (χ1) is 4.63. The van der Waals surface area contributed by atoms with Crippen LogP contribution in [0.1, 0.15) is 20.3 Å². The van der Waals surface area contributed by atoms with Gasteiger partial charge in [-0.15, -0.1) is 0 Å². The van der Waals surface area contributed by atoms with E-state index in [1.165, 1.54) is 6.92 Å². The Kier molecular flexibility index (Phi) is 3.49. The van der Waals surface area contributed by atoms with Gasteiger partial charge in [-0.25, -0.2) is 4.89 Å². The van der Waals surface area contributed by atoms with Crippen molar-refractivity contribution in [3.8, 4) is 0 Å². The summed E-state index contributed by atoms with van der Waals surface area (Å²) in [4.78, 5) is 14.8. The third-order valence-electron chi connectivity index (χ3n) is 1.72. The van der Waals surface area contributed by atoms with Crippen molar-refractivity contribution in [2.24, 2.45) is 5.73 Å². The molecule has 0 rings (SSSR count). The second-order valence-corrected chi connectivity index (χ2v) is 2.20. The van der Waals surface area contributed by atoms with E-state index in [4.69, 9.17) is 11.0 Å². The Morgan fingerprint density at radius 3 is 2.30 bits per heavy atom. The summed E-state index contributed by atoms with van der Waals surface area (Å²) in [6.45, 7) is 3.08. The molecular formula is C6H13NO3. The molecule has 0 saturated carbocycles. The molecule has 0 amide bonds. The number of Topliss-reactive ketones (excluding diaryl/α,β-unsaturated/α-hetero) is 1. The molecule has 0 aromatic carbocycles. The molecule has 60 valence electrons. The van der Waals surface area contributed by atoms with Gasteiger partial charge in [0.25, 0.3) is 0 Å². The summed E-state index contributed by atoms with van der Waals surface area (Å²) in [5, 5.41) is 8.35. The highest BCUT2D eigenvalue weighted by Crippen LogP contribution is 2.13. The van der Waals surface area contributed by atoms with Crippen LogP contribution in [0.25, 0.3) is 0 Å². The minimum absolute atomic E-state index is 0.00926. The van der Waals surface area contributed by atoms with Gasteiger partial charge in [0, 0.05) is 6.54 Å². The van der Waals surface area contributed by atoms with E-state index >= 15 is 0 Å². The number of hydrogen-bond donors (Lipinski definition) is 2. The van der Waals surface area contributed by atoms with E-state index in [0.29, 0.717) is 6.42 Å². The zero-order chi connectivity index (χ0) is 8.20. The Balaban J connectivity index is 4.31. The normalized spacial score (nSPS) is 16.4. The molecule has 0 bridgehead atoms. The Bertz CT molecular complexity index is 112. The van der Waals surface area contributed by atoms with Crippen molar-refractivity contribution in [1.82, 2.24) is 0 Å². The fourth-order valence-electron chi connectivity index (χ4n) is 0.703. The molecule has 0 saturated heterocycles. The molecule has 10 heavy (non-hydrogen) atoms. The van der Waals surface area contributed by atoms with Crippen LogP contribution in [-0.4, -0.2) is 23.2 Å². The standard InChI is InChI=1S/C6H13NO3/c1-3-6(4-7,10-9)5(2)8/h9H,3-4,7H2,1-2H3. The lowest BCUT2D eigenvalue weighted by atomic mass is 9.97. The average Bonchev–Trinajstić information content (AvgIpc) is 1.92. The molecule has 4 heteroatoms. The molecule has 3 N–H and O–H groups in total. The second kappa shape index (κ2) is 3.65. The summed E-state index contributed by atoms with van der Waals surface area (Å²) >= 11 is 0. The third kappa shape index (κ3) is 1.53. The average molecular weight is 147 g/mol. The smallest absolute Gasteiger partial charge is 0.172 e. The van der Waals surface area contributed by atoms with Crippen LogP contribution in [0.5, 0.6) is 0 Å². The van der Waals surface area contributed by atoms with Crippen LogP contribution in [0, 0.1) is 0 Å². The Hall–Kier alpha value is -0.450. The number of ketones is 1. The van der Waals surface area contributed by atoms with Crippen molar-refractivity contribution in [1.29, 1.82) is 0 Å². The Morgan fingerprint density at radius 2 is 2.30 bits per heavy atom. The van der Waals surface area contributed by atoms with Gasteiger partial charge in [0.1, 0.15) is 0 Å². The van der Waals surface area contributed by atoms with Gasteiger partial charge in [-0.2, -0.15) is 0 Å². The summed E-state index contributed by atoms with van der Waals surface area (Å²) in [7, 11) is 0. The molecule has 0 fully saturated rings. The first-order valence-corrected chi connectivity index (χ1v) is 3.16. The molecule has 4 nitrogen and oxygen atoms in total.